The molecule has 0 fully saturated rings. The second-order valence-corrected chi connectivity index (χ2v) is 19.1. The van der Waals surface area contributed by atoms with E-state index in [9.17, 15) is 14.7 Å². The maximum atomic E-state index is 12.6. The van der Waals surface area contributed by atoms with Crippen molar-refractivity contribution in [3.63, 3.8) is 0 Å². The van der Waals surface area contributed by atoms with E-state index < -0.39 is 11.9 Å². The van der Waals surface area contributed by atoms with Crippen LogP contribution in [-0.4, -0.2) is 22.2 Å². The normalized spacial score (nSPS) is 12.7. The van der Waals surface area contributed by atoms with Crippen molar-refractivity contribution in [2.75, 3.05) is 0 Å². The zero-order chi connectivity index (χ0) is 42.3. The summed E-state index contributed by atoms with van der Waals surface area (Å²) in [7, 11) is 0. The van der Waals surface area contributed by atoms with Crippen molar-refractivity contribution in [2.45, 2.75) is 322 Å². The molecule has 0 aliphatic rings. The number of unbranched alkanes of at least 4 members (excludes halogenated alkanes) is 41. The van der Waals surface area contributed by atoms with Gasteiger partial charge < -0.3 is 10.2 Å². The zero-order valence-corrected chi connectivity index (χ0v) is 39.8. The van der Waals surface area contributed by atoms with E-state index in [4.69, 9.17) is 5.11 Å². The quantitative estimate of drug-likeness (QED) is 0.0600. The minimum Gasteiger partial charge on any atom is -0.481 e. The van der Waals surface area contributed by atoms with Crippen LogP contribution in [0.2, 0.25) is 0 Å². The molecule has 0 spiro atoms. The highest BCUT2D eigenvalue weighted by Gasteiger charge is 2.27. The van der Waals surface area contributed by atoms with Crippen molar-refractivity contribution in [1.29, 1.82) is 0 Å². The molecule has 0 aliphatic heterocycles. The molecule has 0 saturated heterocycles. The van der Waals surface area contributed by atoms with Crippen LogP contribution in [0, 0.1) is 11.8 Å². The van der Waals surface area contributed by atoms with Crippen LogP contribution in [0.1, 0.15) is 322 Å². The Morgan fingerprint density at radius 2 is 0.500 bits per heavy atom. The molecule has 2 atom stereocenters. The van der Waals surface area contributed by atoms with Crippen molar-refractivity contribution < 1.29 is 19.8 Å². The van der Waals surface area contributed by atoms with Gasteiger partial charge in [-0.25, -0.2) is 0 Å². The molecule has 0 aromatic heterocycles. The Morgan fingerprint density at radius 3 is 0.724 bits per heavy atom. The summed E-state index contributed by atoms with van der Waals surface area (Å²) in [6.45, 7) is 4.59. The second kappa shape index (κ2) is 48.6. The number of carboxylic acid groups (broad SMARTS) is 2. The Labute approximate surface area is 364 Å². The lowest BCUT2D eigenvalue weighted by molar-refractivity contribution is -0.144. The van der Waals surface area contributed by atoms with Gasteiger partial charge in [-0.1, -0.05) is 290 Å². The van der Waals surface area contributed by atoms with Crippen LogP contribution in [0.5, 0.6) is 0 Å². The highest BCUT2D eigenvalue weighted by Crippen LogP contribution is 2.31. The lowest BCUT2D eigenvalue weighted by atomic mass is 9.80. The first-order chi connectivity index (χ1) is 28.5. The molecule has 0 amide bonds. The fourth-order valence-electron chi connectivity index (χ4n) is 9.43. The monoisotopic (exact) mass is 819 g/mol. The van der Waals surface area contributed by atoms with Gasteiger partial charge in [0.2, 0.25) is 0 Å². The van der Waals surface area contributed by atoms with Crippen molar-refractivity contribution in [3.05, 3.63) is 0 Å². The molecule has 58 heavy (non-hydrogen) atoms. The van der Waals surface area contributed by atoms with Crippen LogP contribution < -0.4 is 0 Å². The van der Waals surface area contributed by atoms with Gasteiger partial charge in [0.25, 0.3) is 0 Å². The Morgan fingerprint density at radius 1 is 0.293 bits per heavy atom. The summed E-state index contributed by atoms with van der Waals surface area (Å²) in [5.41, 5.74) is 0. The minimum absolute atomic E-state index is 0.146. The highest BCUT2D eigenvalue weighted by atomic mass is 16.4. The van der Waals surface area contributed by atoms with Gasteiger partial charge >= 0.3 is 11.9 Å². The topological polar surface area (TPSA) is 74.6 Å². The molecule has 0 aliphatic carbocycles. The fraction of sp³-hybridized carbons (Fsp3) is 0.963. The van der Waals surface area contributed by atoms with Crippen LogP contribution >= 0.6 is 0 Å². The molecular weight excluding hydrogens is 713 g/mol. The maximum absolute atomic E-state index is 12.6. The summed E-state index contributed by atoms with van der Waals surface area (Å²) in [5.74, 6) is -0.981. The van der Waals surface area contributed by atoms with Crippen molar-refractivity contribution in [1.82, 2.24) is 0 Å². The molecule has 2 unspecified atom stereocenters. The first-order valence-electron chi connectivity index (χ1n) is 27.0. The standard InChI is InChI=1S/C54H106O4/c1-3-5-7-9-11-13-15-17-19-21-23-27-31-35-39-43-47-51(48-44-40-36-32-28-25-26-30-34-38-42-46-50-53(55)56)52(54(57)58)49-45-41-37-33-29-24-22-20-18-16-14-12-10-8-6-4-2/h51-52H,3-50H2,1-2H3,(H,55,56)(H,57,58). The zero-order valence-electron chi connectivity index (χ0n) is 39.8. The van der Waals surface area contributed by atoms with E-state index in [1.54, 1.807) is 0 Å². The first-order valence-corrected chi connectivity index (χ1v) is 27.0. The third-order valence-corrected chi connectivity index (χ3v) is 13.4. The van der Waals surface area contributed by atoms with Gasteiger partial charge in [-0.3, -0.25) is 9.59 Å². The molecule has 0 bridgehead atoms. The first kappa shape index (κ1) is 56.9. The third-order valence-electron chi connectivity index (χ3n) is 13.4. The number of aliphatic carboxylic acids is 2. The summed E-state index contributed by atoms with van der Waals surface area (Å²) in [4.78, 5) is 23.3. The molecule has 0 saturated carbocycles. The van der Waals surface area contributed by atoms with Crippen LogP contribution in [0.4, 0.5) is 0 Å². The molecule has 0 radical (unpaired) electrons. The van der Waals surface area contributed by atoms with Gasteiger partial charge in [0.15, 0.2) is 0 Å². The molecule has 0 rings (SSSR count). The molecule has 346 valence electrons. The third kappa shape index (κ3) is 44.5. The number of carboxylic acids is 2. The van der Waals surface area contributed by atoms with Crippen LogP contribution in [0.15, 0.2) is 0 Å². The number of carbonyl (C=O) groups is 2. The molecule has 0 aromatic carbocycles. The SMILES string of the molecule is CCCCCCCCCCCCCCCCCCC(CCCCCCCCCCCCCCC(=O)O)C(CCCCCCCCCCCCCCCCCC)C(=O)O. The Hall–Kier alpha value is -1.06. The highest BCUT2D eigenvalue weighted by molar-refractivity contribution is 5.70. The summed E-state index contributed by atoms with van der Waals surface area (Å²) < 4.78 is 0. The average molecular weight is 819 g/mol. The van der Waals surface area contributed by atoms with Crippen molar-refractivity contribution in [2.24, 2.45) is 11.8 Å². The molecular formula is C54H106O4. The van der Waals surface area contributed by atoms with E-state index in [1.165, 1.54) is 263 Å². The van der Waals surface area contributed by atoms with Crippen LogP contribution in [-0.2, 0) is 9.59 Å². The summed E-state index contributed by atoms with van der Waals surface area (Å²) in [6.07, 6.45) is 61.9. The van der Waals surface area contributed by atoms with E-state index in [1.807, 2.05) is 0 Å². The number of hydrogen-bond acceptors (Lipinski definition) is 2. The van der Waals surface area contributed by atoms with E-state index >= 15 is 0 Å². The molecule has 4 heteroatoms. The van der Waals surface area contributed by atoms with Gasteiger partial charge in [0.05, 0.1) is 5.92 Å². The fourth-order valence-corrected chi connectivity index (χ4v) is 9.43. The average Bonchev–Trinajstić information content (AvgIpc) is 3.21. The maximum Gasteiger partial charge on any atom is 0.306 e. The predicted molar refractivity (Wildman–Crippen MR) is 255 cm³/mol. The van der Waals surface area contributed by atoms with Crippen molar-refractivity contribution >= 4 is 11.9 Å². The summed E-state index contributed by atoms with van der Waals surface area (Å²) >= 11 is 0. The summed E-state index contributed by atoms with van der Waals surface area (Å²) in [6, 6.07) is 0. The molecule has 2 N–H and O–H groups in total. The van der Waals surface area contributed by atoms with Crippen LogP contribution in [0.3, 0.4) is 0 Å². The molecule has 4 nitrogen and oxygen atoms in total. The van der Waals surface area contributed by atoms with Gasteiger partial charge in [0, 0.05) is 6.42 Å². The van der Waals surface area contributed by atoms with E-state index in [0.717, 1.165) is 38.5 Å². The molecule has 0 heterocycles. The predicted octanol–water partition coefficient (Wildman–Crippen LogP) is 19.2. The van der Waals surface area contributed by atoms with E-state index in [2.05, 4.69) is 13.8 Å². The van der Waals surface area contributed by atoms with E-state index in [0.29, 0.717) is 12.3 Å². The summed E-state index contributed by atoms with van der Waals surface area (Å²) in [5, 5.41) is 19.2. The number of hydrogen-bond donors (Lipinski definition) is 2. The lowest BCUT2D eigenvalue weighted by Gasteiger charge is -2.24. The van der Waals surface area contributed by atoms with E-state index in [-0.39, 0.29) is 5.92 Å². The molecule has 0 aromatic rings. The second-order valence-electron chi connectivity index (χ2n) is 19.1. The Kier molecular flexibility index (Phi) is 47.7. The minimum atomic E-state index is -0.668. The van der Waals surface area contributed by atoms with Gasteiger partial charge in [-0.2, -0.15) is 0 Å². The van der Waals surface area contributed by atoms with Gasteiger partial charge in [-0.15, -0.1) is 0 Å². The largest absolute Gasteiger partial charge is 0.481 e. The number of rotatable bonds is 51. The Bertz CT molecular complexity index is 811. The van der Waals surface area contributed by atoms with Gasteiger partial charge in [0.1, 0.15) is 0 Å². The smallest absolute Gasteiger partial charge is 0.306 e. The van der Waals surface area contributed by atoms with Crippen molar-refractivity contribution in [3.8, 4) is 0 Å². The Balaban J connectivity index is 4.32. The van der Waals surface area contributed by atoms with Crippen LogP contribution in [0.25, 0.3) is 0 Å². The van der Waals surface area contributed by atoms with Gasteiger partial charge in [-0.05, 0) is 31.6 Å². The lowest BCUT2D eigenvalue weighted by Crippen LogP contribution is -2.24.